The van der Waals surface area contributed by atoms with Gasteiger partial charge >= 0.3 is 6.03 Å². The summed E-state index contributed by atoms with van der Waals surface area (Å²) in [6, 6.07) is 16.2. The van der Waals surface area contributed by atoms with Gasteiger partial charge in [-0.15, -0.1) is 0 Å². The second kappa shape index (κ2) is 7.05. The van der Waals surface area contributed by atoms with Gasteiger partial charge in [-0.1, -0.05) is 48.0 Å². The number of aryl methyl sites for hydroxylation is 1. The standard InChI is InChI=1S/C17H16N2O2/c1-13-7-10-15(11-8-13)18-17(21)19-16(20)12-9-14-5-3-2-4-6-14/h2-12H,1H3,(H2,18,19,20,21)/b12-9+. The van der Waals surface area contributed by atoms with Crippen LogP contribution in [0.2, 0.25) is 0 Å². The third-order valence-electron chi connectivity index (χ3n) is 2.77. The number of carbonyl (C=O) groups excluding carboxylic acids is 2. The number of hydrogen-bond acceptors (Lipinski definition) is 2. The maximum absolute atomic E-state index is 11.6. The molecule has 4 heteroatoms. The molecule has 0 bridgehead atoms. The molecule has 0 unspecified atom stereocenters. The predicted molar refractivity (Wildman–Crippen MR) is 83.8 cm³/mol. The fourth-order valence-electron chi connectivity index (χ4n) is 1.69. The first kappa shape index (κ1) is 14.5. The summed E-state index contributed by atoms with van der Waals surface area (Å²) in [6.45, 7) is 1.96. The molecule has 0 saturated heterocycles. The number of benzene rings is 2. The van der Waals surface area contributed by atoms with Gasteiger partial charge in [0.2, 0.25) is 0 Å². The van der Waals surface area contributed by atoms with Gasteiger partial charge < -0.3 is 5.32 Å². The number of nitrogens with one attached hydrogen (secondary N) is 2. The second-order valence-electron chi connectivity index (χ2n) is 4.55. The van der Waals surface area contributed by atoms with Crippen LogP contribution in [0, 0.1) is 6.92 Å². The van der Waals surface area contributed by atoms with Gasteiger partial charge in [-0.3, -0.25) is 10.1 Å². The van der Waals surface area contributed by atoms with Crippen LogP contribution in [-0.4, -0.2) is 11.9 Å². The number of imide groups is 1. The lowest BCUT2D eigenvalue weighted by Gasteiger charge is -2.05. The van der Waals surface area contributed by atoms with Crippen molar-refractivity contribution in [3.63, 3.8) is 0 Å². The molecule has 0 aliphatic heterocycles. The molecule has 2 rings (SSSR count). The Morgan fingerprint density at radius 1 is 0.952 bits per heavy atom. The summed E-state index contributed by atoms with van der Waals surface area (Å²) in [5.74, 6) is -0.469. The topological polar surface area (TPSA) is 58.2 Å². The summed E-state index contributed by atoms with van der Waals surface area (Å²) in [4.78, 5) is 23.3. The summed E-state index contributed by atoms with van der Waals surface area (Å²) in [5.41, 5.74) is 2.63. The first-order valence-electron chi connectivity index (χ1n) is 6.55. The average molecular weight is 280 g/mol. The Hall–Kier alpha value is -2.88. The number of hydrogen-bond donors (Lipinski definition) is 2. The Balaban J connectivity index is 1.86. The molecule has 0 aliphatic carbocycles. The van der Waals surface area contributed by atoms with E-state index in [-0.39, 0.29) is 0 Å². The first-order chi connectivity index (χ1) is 10.1. The van der Waals surface area contributed by atoms with Gasteiger partial charge in [-0.05, 0) is 30.7 Å². The monoisotopic (exact) mass is 280 g/mol. The van der Waals surface area contributed by atoms with Crippen molar-refractivity contribution >= 4 is 23.7 Å². The molecule has 0 spiro atoms. The van der Waals surface area contributed by atoms with Gasteiger partial charge in [0, 0.05) is 11.8 Å². The second-order valence-corrected chi connectivity index (χ2v) is 4.55. The Labute approximate surface area is 123 Å². The first-order valence-corrected chi connectivity index (χ1v) is 6.55. The highest BCUT2D eigenvalue weighted by molar-refractivity contribution is 6.06. The molecule has 2 aromatic carbocycles. The van der Waals surface area contributed by atoms with E-state index in [2.05, 4.69) is 10.6 Å². The van der Waals surface area contributed by atoms with Gasteiger partial charge in [0.15, 0.2) is 0 Å². The van der Waals surface area contributed by atoms with Crippen LogP contribution < -0.4 is 10.6 Å². The van der Waals surface area contributed by atoms with Gasteiger partial charge in [-0.25, -0.2) is 4.79 Å². The third-order valence-corrected chi connectivity index (χ3v) is 2.77. The highest BCUT2D eigenvalue weighted by Crippen LogP contribution is 2.08. The van der Waals surface area contributed by atoms with Crippen molar-refractivity contribution in [3.05, 3.63) is 71.8 Å². The average Bonchev–Trinajstić information content (AvgIpc) is 2.48. The minimum Gasteiger partial charge on any atom is -0.308 e. The van der Waals surface area contributed by atoms with Crippen molar-refractivity contribution in [2.75, 3.05) is 5.32 Å². The van der Waals surface area contributed by atoms with Crippen LogP contribution in [0.1, 0.15) is 11.1 Å². The highest BCUT2D eigenvalue weighted by atomic mass is 16.2. The largest absolute Gasteiger partial charge is 0.326 e. The van der Waals surface area contributed by atoms with Crippen LogP contribution in [0.3, 0.4) is 0 Å². The molecule has 2 N–H and O–H groups in total. The van der Waals surface area contributed by atoms with Crippen LogP contribution in [-0.2, 0) is 4.79 Å². The smallest absolute Gasteiger partial charge is 0.308 e. The van der Waals surface area contributed by atoms with Crippen molar-refractivity contribution in [1.82, 2.24) is 5.32 Å². The summed E-state index contributed by atoms with van der Waals surface area (Å²) in [6.07, 6.45) is 2.97. The van der Waals surface area contributed by atoms with Gasteiger partial charge in [0.1, 0.15) is 0 Å². The van der Waals surface area contributed by atoms with Crippen molar-refractivity contribution in [2.24, 2.45) is 0 Å². The van der Waals surface area contributed by atoms with E-state index in [4.69, 9.17) is 0 Å². The van der Waals surface area contributed by atoms with Crippen LogP contribution in [0.5, 0.6) is 0 Å². The molecule has 106 valence electrons. The van der Waals surface area contributed by atoms with E-state index in [1.54, 1.807) is 18.2 Å². The van der Waals surface area contributed by atoms with Crippen LogP contribution >= 0.6 is 0 Å². The molecular weight excluding hydrogens is 264 g/mol. The quantitative estimate of drug-likeness (QED) is 0.847. The molecule has 4 nitrogen and oxygen atoms in total. The number of carbonyl (C=O) groups is 2. The Morgan fingerprint density at radius 3 is 2.29 bits per heavy atom. The molecule has 0 heterocycles. The molecule has 21 heavy (non-hydrogen) atoms. The summed E-state index contributed by atoms with van der Waals surface area (Å²) in [7, 11) is 0. The van der Waals surface area contributed by atoms with Crippen molar-refractivity contribution < 1.29 is 9.59 Å². The summed E-state index contributed by atoms with van der Waals surface area (Å²) < 4.78 is 0. The van der Waals surface area contributed by atoms with Crippen molar-refractivity contribution in [3.8, 4) is 0 Å². The number of anilines is 1. The predicted octanol–water partition coefficient (Wildman–Crippen LogP) is 3.36. The summed E-state index contributed by atoms with van der Waals surface area (Å²) in [5, 5.41) is 4.83. The van der Waals surface area contributed by atoms with Crippen LogP contribution in [0.15, 0.2) is 60.7 Å². The highest BCUT2D eigenvalue weighted by Gasteiger charge is 2.04. The van der Waals surface area contributed by atoms with E-state index in [1.807, 2.05) is 49.4 Å². The van der Waals surface area contributed by atoms with E-state index in [0.717, 1.165) is 11.1 Å². The molecular formula is C17H16N2O2. The maximum atomic E-state index is 11.6. The molecule has 0 aromatic heterocycles. The van der Waals surface area contributed by atoms with Crippen molar-refractivity contribution in [1.29, 1.82) is 0 Å². The molecule has 0 radical (unpaired) electrons. The molecule has 2 aromatic rings. The van der Waals surface area contributed by atoms with Gasteiger partial charge in [0.05, 0.1) is 0 Å². The minimum absolute atomic E-state index is 0.469. The maximum Gasteiger partial charge on any atom is 0.326 e. The number of rotatable bonds is 3. The van der Waals surface area contributed by atoms with E-state index in [9.17, 15) is 9.59 Å². The Bertz CT molecular complexity index is 646. The fourth-order valence-corrected chi connectivity index (χ4v) is 1.69. The van der Waals surface area contributed by atoms with Gasteiger partial charge in [-0.2, -0.15) is 0 Å². The lowest BCUT2D eigenvalue weighted by atomic mass is 10.2. The summed E-state index contributed by atoms with van der Waals surface area (Å²) >= 11 is 0. The molecule has 0 atom stereocenters. The SMILES string of the molecule is Cc1ccc(NC(=O)NC(=O)/C=C/c2ccccc2)cc1. The lowest BCUT2D eigenvalue weighted by molar-refractivity contribution is -0.115. The fraction of sp³-hybridized carbons (Fsp3) is 0.0588. The zero-order valence-corrected chi connectivity index (χ0v) is 11.7. The molecule has 0 aliphatic rings. The zero-order valence-electron chi connectivity index (χ0n) is 11.7. The van der Waals surface area contributed by atoms with Crippen LogP contribution in [0.4, 0.5) is 10.5 Å². The zero-order chi connectivity index (χ0) is 15.1. The molecule has 0 fully saturated rings. The van der Waals surface area contributed by atoms with E-state index >= 15 is 0 Å². The number of urea groups is 1. The Morgan fingerprint density at radius 2 is 1.62 bits per heavy atom. The normalized spacial score (nSPS) is 10.3. The van der Waals surface area contributed by atoms with Crippen molar-refractivity contribution in [2.45, 2.75) is 6.92 Å². The lowest BCUT2D eigenvalue weighted by Crippen LogP contribution is -2.33. The third kappa shape index (κ3) is 4.95. The Kier molecular flexibility index (Phi) is 4.88. The minimum atomic E-state index is -0.554. The molecule has 0 saturated carbocycles. The van der Waals surface area contributed by atoms with E-state index in [0.29, 0.717) is 5.69 Å². The van der Waals surface area contributed by atoms with E-state index in [1.165, 1.54) is 6.08 Å². The number of amides is 3. The van der Waals surface area contributed by atoms with E-state index < -0.39 is 11.9 Å². The van der Waals surface area contributed by atoms with Gasteiger partial charge in [0.25, 0.3) is 5.91 Å². The van der Waals surface area contributed by atoms with Crippen LogP contribution in [0.25, 0.3) is 6.08 Å². The molecule has 3 amide bonds.